The number of thiazole rings is 1. The van der Waals surface area contributed by atoms with Gasteiger partial charge in [-0.25, -0.2) is 4.98 Å². The molecule has 1 aromatic heterocycles. The van der Waals surface area contributed by atoms with Crippen molar-refractivity contribution < 1.29 is 4.74 Å². The van der Waals surface area contributed by atoms with Gasteiger partial charge in [-0.3, -0.25) is 0 Å². The van der Waals surface area contributed by atoms with E-state index in [2.05, 4.69) is 43.2 Å². The molecular weight excluding hydrogens is 268 g/mol. The van der Waals surface area contributed by atoms with Crippen molar-refractivity contribution in [2.45, 2.75) is 33.7 Å². The third-order valence-electron chi connectivity index (χ3n) is 2.98. The minimum Gasteiger partial charge on any atom is -0.493 e. The second kappa shape index (κ2) is 6.75. The third-order valence-corrected chi connectivity index (χ3v) is 4.09. The molecule has 3 nitrogen and oxygen atoms in total. The zero-order valence-corrected chi connectivity index (χ0v) is 13.3. The smallest absolute Gasteiger partial charge is 0.121 e. The molecule has 1 unspecified atom stereocenters. The Kier molecular flexibility index (Phi) is 5.01. The van der Waals surface area contributed by atoms with E-state index in [-0.39, 0.29) is 6.04 Å². The van der Waals surface area contributed by atoms with E-state index in [1.54, 1.807) is 11.3 Å². The second-order valence-electron chi connectivity index (χ2n) is 5.40. The van der Waals surface area contributed by atoms with Crippen LogP contribution in [0.1, 0.15) is 37.4 Å². The van der Waals surface area contributed by atoms with Gasteiger partial charge in [-0.15, -0.1) is 11.3 Å². The van der Waals surface area contributed by atoms with Crippen LogP contribution in [0.5, 0.6) is 5.75 Å². The molecule has 0 saturated heterocycles. The molecule has 1 atom stereocenters. The Morgan fingerprint density at radius 1 is 1.30 bits per heavy atom. The van der Waals surface area contributed by atoms with Gasteiger partial charge in [0.1, 0.15) is 5.75 Å². The maximum atomic E-state index is 5.75. The Morgan fingerprint density at radius 3 is 2.75 bits per heavy atom. The van der Waals surface area contributed by atoms with Crippen molar-refractivity contribution >= 4 is 17.0 Å². The largest absolute Gasteiger partial charge is 0.493 e. The normalized spacial score (nSPS) is 12.4. The number of nitrogens with zero attached hydrogens (tertiary/aromatic N) is 1. The Hall–Kier alpha value is -1.55. The summed E-state index contributed by atoms with van der Waals surface area (Å²) in [6, 6.07) is 8.38. The summed E-state index contributed by atoms with van der Waals surface area (Å²) in [5, 5.41) is 3.50. The van der Waals surface area contributed by atoms with E-state index in [1.807, 2.05) is 24.6 Å². The molecule has 0 aliphatic carbocycles. The molecule has 0 fully saturated rings. The zero-order valence-electron chi connectivity index (χ0n) is 12.5. The van der Waals surface area contributed by atoms with Gasteiger partial charge in [0, 0.05) is 16.6 Å². The standard InChI is InChI=1S/C16H22N2OS/c1-11(2)9-19-15-7-5-6-14(8-15)18-13(4)16-12(3)17-10-20-16/h5-8,10-11,13,18H,9H2,1-4H3. The van der Waals surface area contributed by atoms with E-state index < -0.39 is 0 Å². The summed E-state index contributed by atoms with van der Waals surface area (Å²) in [6.45, 7) is 9.24. The first kappa shape index (κ1) is 14.9. The summed E-state index contributed by atoms with van der Waals surface area (Å²) >= 11 is 1.69. The lowest BCUT2D eigenvalue weighted by molar-refractivity contribution is 0.271. The van der Waals surface area contributed by atoms with Gasteiger partial charge in [-0.05, 0) is 31.9 Å². The van der Waals surface area contributed by atoms with Crippen molar-refractivity contribution in [2.75, 3.05) is 11.9 Å². The summed E-state index contributed by atoms with van der Waals surface area (Å²) in [5.41, 5.74) is 4.07. The third kappa shape index (κ3) is 3.97. The molecule has 2 aromatic rings. The van der Waals surface area contributed by atoms with E-state index in [0.29, 0.717) is 5.92 Å². The lowest BCUT2D eigenvalue weighted by Crippen LogP contribution is -2.07. The molecule has 0 saturated carbocycles. The quantitative estimate of drug-likeness (QED) is 0.840. The topological polar surface area (TPSA) is 34.2 Å². The molecule has 0 amide bonds. The lowest BCUT2D eigenvalue weighted by atomic mass is 10.2. The molecule has 1 aromatic carbocycles. The SMILES string of the molecule is Cc1ncsc1C(C)Nc1cccc(OCC(C)C)c1. The molecule has 1 N–H and O–H groups in total. The van der Waals surface area contributed by atoms with Crippen LogP contribution in [0.3, 0.4) is 0 Å². The highest BCUT2D eigenvalue weighted by molar-refractivity contribution is 7.09. The first-order chi connectivity index (χ1) is 9.56. The number of ether oxygens (including phenoxy) is 1. The lowest BCUT2D eigenvalue weighted by Gasteiger charge is -2.16. The predicted molar refractivity (Wildman–Crippen MR) is 85.7 cm³/mol. The number of nitrogens with one attached hydrogen (secondary N) is 1. The Balaban J connectivity index is 2.02. The van der Waals surface area contributed by atoms with Crippen LogP contribution in [0.25, 0.3) is 0 Å². The van der Waals surface area contributed by atoms with Crippen molar-refractivity contribution in [1.29, 1.82) is 0 Å². The van der Waals surface area contributed by atoms with Crippen LogP contribution in [0.2, 0.25) is 0 Å². The van der Waals surface area contributed by atoms with E-state index in [1.165, 1.54) is 4.88 Å². The summed E-state index contributed by atoms with van der Waals surface area (Å²) in [7, 11) is 0. The van der Waals surface area contributed by atoms with Crippen LogP contribution in [0.15, 0.2) is 29.8 Å². The average molecular weight is 290 g/mol. The maximum Gasteiger partial charge on any atom is 0.121 e. The first-order valence-corrected chi connectivity index (χ1v) is 7.83. The summed E-state index contributed by atoms with van der Waals surface area (Å²) in [6.07, 6.45) is 0. The summed E-state index contributed by atoms with van der Waals surface area (Å²) < 4.78 is 5.75. The average Bonchev–Trinajstić information content (AvgIpc) is 2.83. The highest BCUT2D eigenvalue weighted by Gasteiger charge is 2.11. The molecule has 1 heterocycles. The van der Waals surface area contributed by atoms with Gasteiger partial charge in [0.25, 0.3) is 0 Å². The van der Waals surface area contributed by atoms with E-state index in [9.17, 15) is 0 Å². The molecule has 108 valence electrons. The van der Waals surface area contributed by atoms with Crippen molar-refractivity contribution in [3.63, 3.8) is 0 Å². The van der Waals surface area contributed by atoms with Crippen LogP contribution < -0.4 is 10.1 Å². The van der Waals surface area contributed by atoms with Crippen LogP contribution in [-0.2, 0) is 0 Å². The van der Waals surface area contributed by atoms with Gasteiger partial charge in [-0.1, -0.05) is 19.9 Å². The fourth-order valence-corrected chi connectivity index (χ4v) is 2.79. The molecule has 0 aliphatic heterocycles. The number of anilines is 1. The van der Waals surface area contributed by atoms with Gasteiger partial charge >= 0.3 is 0 Å². The number of aromatic nitrogens is 1. The predicted octanol–water partition coefficient (Wildman–Crippen LogP) is 4.66. The molecule has 2 rings (SSSR count). The van der Waals surface area contributed by atoms with E-state index in [0.717, 1.165) is 23.7 Å². The van der Waals surface area contributed by atoms with Gasteiger partial charge in [0.2, 0.25) is 0 Å². The highest BCUT2D eigenvalue weighted by Crippen LogP contribution is 2.26. The van der Waals surface area contributed by atoms with Gasteiger partial charge < -0.3 is 10.1 Å². The van der Waals surface area contributed by atoms with Gasteiger partial charge in [0.05, 0.1) is 23.9 Å². The molecule has 0 radical (unpaired) electrons. The highest BCUT2D eigenvalue weighted by atomic mass is 32.1. The monoisotopic (exact) mass is 290 g/mol. The zero-order chi connectivity index (χ0) is 14.5. The minimum absolute atomic E-state index is 0.253. The summed E-state index contributed by atoms with van der Waals surface area (Å²) in [5.74, 6) is 1.45. The molecule has 0 bridgehead atoms. The molecule has 4 heteroatoms. The number of aryl methyl sites for hydroxylation is 1. The van der Waals surface area contributed by atoms with Crippen LogP contribution in [0, 0.1) is 12.8 Å². The fraction of sp³-hybridized carbons (Fsp3) is 0.438. The van der Waals surface area contributed by atoms with Crippen LogP contribution in [-0.4, -0.2) is 11.6 Å². The van der Waals surface area contributed by atoms with Crippen molar-refractivity contribution in [3.05, 3.63) is 40.3 Å². The van der Waals surface area contributed by atoms with Gasteiger partial charge in [-0.2, -0.15) is 0 Å². The van der Waals surface area contributed by atoms with Crippen LogP contribution in [0.4, 0.5) is 5.69 Å². The van der Waals surface area contributed by atoms with Gasteiger partial charge in [0.15, 0.2) is 0 Å². The molecule has 0 spiro atoms. The fourth-order valence-electron chi connectivity index (χ4n) is 1.98. The number of benzene rings is 1. The first-order valence-electron chi connectivity index (χ1n) is 6.95. The Bertz CT molecular complexity index is 551. The molecular formula is C16H22N2OS. The van der Waals surface area contributed by atoms with E-state index in [4.69, 9.17) is 4.74 Å². The van der Waals surface area contributed by atoms with E-state index >= 15 is 0 Å². The number of hydrogen-bond acceptors (Lipinski definition) is 4. The summed E-state index contributed by atoms with van der Waals surface area (Å²) in [4.78, 5) is 5.58. The van der Waals surface area contributed by atoms with Crippen molar-refractivity contribution in [3.8, 4) is 5.75 Å². The number of rotatable bonds is 6. The Labute approximate surface area is 125 Å². The number of hydrogen-bond donors (Lipinski definition) is 1. The van der Waals surface area contributed by atoms with Crippen LogP contribution >= 0.6 is 11.3 Å². The Morgan fingerprint density at radius 2 is 2.10 bits per heavy atom. The molecule has 20 heavy (non-hydrogen) atoms. The van der Waals surface area contributed by atoms with Crippen molar-refractivity contribution in [1.82, 2.24) is 4.98 Å². The molecule has 0 aliphatic rings. The van der Waals surface area contributed by atoms with Crippen molar-refractivity contribution in [2.24, 2.45) is 5.92 Å². The maximum absolute atomic E-state index is 5.75. The second-order valence-corrected chi connectivity index (χ2v) is 6.29. The minimum atomic E-state index is 0.253.